The van der Waals surface area contributed by atoms with Gasteiger partial charge < -0.3 is 10.5 Å². The molecule has 0 saturated heterocycles. The highest BCUT2D eigenvalue weighted by atomic mass is 16.5. The minimum atomic E-state index is -0.678. The van der Waals surface area contributed by atoms with Gasteiger partial charge in [0.2, 0.25) is 0 Å². The maximum absolute atomic E-state index is 12.4. The first-order valence-corrected chi connectivity index (χ1v) is 8.26. The summed E-state index contributed by atoms with van der Waals surface area (Å²) in [7, 11) is 0. The molecular formula is C19H21N3O3. The zero-order chi connectivity index (χ0) is 18.0. The van der Waals surface area contributed by atoms with Crippen molar-refractivity contribution in [1.29, 1.82) is 0 Å². The Hall–Kier alpha value is -3.02. The monoisotopic (exact) mass is 339 g/mol. The van der Waals surface area contributed by atoms with Crippen LogP contribution in [0.2, 0.25) is 0 Å². The van der Waals surface area contributed by atoms with Gasteiger partial charge in [-0.25, -0.2) is 15.0 Å². The Morgan fingerprint density at radius 2 is 2.00 bits per heavy atom. The van der Waals surface area contributed by atoms with Crippen LogP contribution in [0.5, 0.6) is 0 Å². The van der Waals surface area contributed by atoms with E-state index in [1.807, 2.05) is 30.3 Å². The number of nitrogens with one attached hydrogen (secondary N) is 1. The summed E-state index contributed by atoms with van der Waals surface area (Å²) in [6.45, 7) is 3.85. The number of allylic oxidation sites excluding steroid dienone is 1. The van der Waals surface area contributed by atoms with E-state index in [1.165, 1.54) is 0 Å². The normalized spacial score (nSPS) is 14.4. The molecule has 0 aliphatic heterocycles. The van der Waals surface area contributed by atoms with Crippen molar-refractivity contribution in [3.63, 3.8) is 0 Å². The summed E-state index contributed by atoms with van der Waals surface area (Å²) in [4.78, 5) is 23.8. The molecule has 0 fully saturated rings. The molecule has 6 nitrogen and oxygen atoms in total. The van der Waals surface area contributed by atoms with Crippen molar-refractivity contribution in [1.82, 2.24) is 4.68 Å². The van der Waals surface area contributed by atoms with Crippen molar-refractivity contribution < 1.29 is 14.3 Å². The van der Waals surface area contributed by atoms with Gasteiger partial charge in [0, 0.05) is 0 Å². The van der Waals surface area contributed by atoms with E-state index < -0.39 is 6.03 Å². The summed E-state index contributed by atoms with van der Waals surface area (Å²) < 4.78 is 6.79. The third kappa shape index (κ3) is 3.15. The number of ether oxygens (including phenoxy) is 1. The number of aromatic nitrogens is 1. The number of urea groups is 1. The molecule has 1 heterocycles. The lowest BCUT2D eigenvalue weighted by molar-refractivity contribution is 0.0524. The van der Waals surface area contributed by atoms with Crippen LogP contribution < -0.4 is 11.2 Å². The maximum atomic E-state index is 12.4. The minimum absolute atomic E-state index is 0.300. The number of rotatable bonds is 4. The lowest BCUT2D eigenvalue weighted by atomic mass is 10.1. The molecular weight excluding hydrogens is 318 g/mol. The Morgan fingerprint density at radius 1 is 1.28 bits per heavy atom. The first kappa shape index (κ1) is 16.8. The standard InChI is InChI=1S/C19H21N3O3/c1-3-25-18(23)16-12(2)22(21-19(20)24)17-14(9-10-15(16)17)11-13-7-5-4-6-8-13/h4-8,11H,3,9-10H2,1-2H3,(H3,20,21,24)/b14-11+. The average Bonchev–Trinajstić information content (AvgIpc) is 3.08. The Kier molecular flexibility index (Phi) is 4.61. The predicted molar refractivity (Wildman–Crippen MR) is 96.7 cm³/mol. The Morgan fingerprint density at radius 3 is 2.64 bits per heavy atom. The fraction of sp³-hybridized carbons (Fsp3) is 0.263. The topological polar surface area (TPSA) is 86.3 Å². The number of benzene rings is 1. The zero-order valence-corrected chi connectivity index (χ0v) is 14.3. The molecule has 6 heteroatoms. The largest absolute Gasteiger partial charge is 0.462 e. The summed E-state index contributed by atoms with van der Waals surface area (Å²) in [5.74, 6) is -0.373. The molecule has 0 spiro atoms. The van der Waals surface area contributed by atoms with E-state index >= 15 is 0 Å². The maximum Gasteiger partial charge on any atom is 0.340 e. The van der Waals surface area contributed by atoms with Crippen LogP contribution in [0.15, 0.2) is 30.3 Å². The molecule has 2 amide bonds. The number of primary amides is 1. The fourth-order valence-electron chi connectivity index (χ4n) is 3.33. The van der Waals surface area contributed by atoms with Gasteiger partial charge in [-0.15, -0.1) is 0 Å². The molecule has 0 unspecified atom stereocenters. The molecule has 0 saturated carbocycles. The smallest absolute Gasteiger partial charge is 0.340 e. The summed E-state index contributed by atoms with van der Waals surface area (Å²) in [5, 5.41) is 0. The van der Waals surface area contributed by atoms with E-state index in [2.05, 4.69) is 11.5 Å². The van der Waals surface area contributed by atoms with Crippen molar-refractivity contribution in [3.05, 3.63) is 58.4 Å². The van der Waals surface area contributed by atoms with Gasteiger partial charge in [-0.1, -0.05) is 30.3 Å². The first-order valence-electron chi connectivity index (χ1n) is 8.26. The summed E-state index contributed by atoms with van der Waals surface area (Å²) >= 11 is 0. The summed E-state index contributed by atoms with van der Waals surface area (Å²) in [6.07, 6.45) is 3.57. The third-order valence-corrected chi connectivity index (χ3v) is 4.30. The zero-order valence-electron chi connectivity index (χ0n) is 14.3. The number of nitrogens with two attached hydrogens (primary N) is 1. The molecule has 0 radical (unpaired) electrons. The van der Waals surface area contributed by atoms with Crippen LogP contribution in [0.25, 0.3) is 11.6 Å². The number of amides is 2. The van der Waals surface area contributed by atoms with Crippen molar-refractivity contribution in [3.8, 4) is 0 Å². The van der Waals surface area contributed by atoms with E-state index in [4.69, 9.17) is 10.5 Å². The molecule has 3 rings (SSSR count). The third-order valence-electron chi connectivity index (χ3n) is 4.30. The average molecular weight is 339 g/mol. The number of fused-ring (bicyclic) bond motifs is 1. The van der Waals surface area contributed by atoms with E-state index in [-0.39, 0.29) is 5.97 Å². The highest BCUT2D eigenvalue weighted by molar-refractivity contribution is 5.98. The summed E-state index contributed by atoms with van der Waals surface area (Å²) in [6, 6.07) is 9.25. The lowest BCUT2D eigenvalue weighted by Gasteiger charge is -2.12. The molecule has 25 heavy (non-hydrogen) atoms. The van der Waals surface area contributed by atoms with Crippen molar-refractivity contribution in [2.45, 2.75) is 26.7 Å². The van der Waals surface area contributed by atoms with Gasteiger partial charge in [-0.3, -0.25) is 4.68 Å². The van der Waals surface area contributed by atoms with Gasteiger partial charge in [0.05, 0.1) is 23.6 Å². The van der Waals surface area contributed by atoms with E-state index in [9.17, 15) is 9.59 Å². The van der Waals surface area contributed by atoms with Crippen LogP contribution in [0.4, 0.5) is 4.79 Å². The van der Waals surface area contributed by atoms with Gasteiger partial charge in [0.25, 0.3) is 0 Å². The van der Waals surface area contributed by atoms with Crippen LogP contribution in [0.3, 0.4) is 0 Å². The number of nitrogens with zero attached hydrogens (tertiary/aromatic N) is 1. The van der Waals surface area contributed by atoms with Gasteiger partial charge in [0.15, 0.2) is 0 Å². The highest BCUT2D eigenvalue weighted by Gasteiger charge is 2.32. The molecule has 1 aromatic carbocycles. The van der Waals surface area contributed by atoms with E-state index in [1.54, 1.807) is 18.5 Å². The summed E-state index contributed by atoms with van der Waals surface area (Å²) in [5.41, 5.74) is 12.9. The van der Waals surface area contributed by atoms with Crippen LogP contribution in [-0.2, 0) is 11.2 Å². The van der Waals surface area contributed by atoms with Gasteiger partial charge in [0.1, 0.15) is 0 Å². The quantitative estimate of drug-likeness (QED) is 0.839. The van der Waals surface area contributed by atoms with Gasteiger partial charge in [-0.2, -0.15) is 0 Å². The number of esters is 1. The molecule has 1 aromatic heterocycles. The first-order chi connectivity index (χ1) is 12.0. The van der Waals surface area contributed by atoms with Gasteiger partial charge >= 0.3 is 12.0 Å². The number of hydrogen-bond acceptors (Lipinski definition) is 3. The fourth-order valence-corrected chi connectivity index (χ4v) is 3.33. The van der Waals surface area contributed by atoms with Gasteiger partial charge in [-0.05, 0) is 49.5 Å². The predicted octanol–water partition coefficient (Wildman–Crippen LogP) is 3.08. The molecule has 3 N–H and O–H groups in total. The second-order valence-electron chi connectivity index (χ2n) is 5.90. The van der Waals surface area contributed by atoms with Crippen LogP contribution in [0.1, 0.15) is 46.2 Å². The van der Waals surface area contributed by atoms with E-state index in [0.29, 0.717) is 17.9 Å². The van der Waals surface area contributed by atoms with E-state index in [0.717, 1.165) is 35.2 Å². The highest BCUT2D eigenvalue weighted by Crippen LogP contribution is 2.38. The van der Waals surface area contributed by atoms with Crippen LogP contribution >= 0.6 is 0 Å². The number of carbonyl (C=O) groups excluding carboxylic acids is 2. The Bertz CT molecular complexity index is 851. The van der Waals surface area contributed by atoms with Crippen molar-refractivity contribution in [2.75, 3.05) is 12.0 Å². The molecule has 1 aliphatic carbocycles. The van der Waals surface area contributed by atoms with Crippen molar-refractivity contribution in [2.24, 2.45) is 5.73 Å². The number of carbonyl (C=O) groups is 2. The second kappa shape index (κ2) is 6.84. The van der Waals surface area contributed by atoms with Crippen molar-refractivity contribution >= 4 is 23.6 Å². The second-order valence-corrected chi connectivity index (χ2v) is 5.90. The van der Waals surface area contributed by atoms with Crippen LogP contribution in [-0.4, -0.2) is 23.3 Å². The molecule has 1 aliphatic rings. The minimum Gasteiger partial charge on any atom is -0.462 e. The Balaban J connectivity index is 2.14. The Labute approximate surface area is 146 Å². The molecule has 0 bridgehead atoms. The lowest BCUT2D eigenvalue weighted by Crippen LogP contribution is -2.30. The molecule has 0 atom stereocenters. The SMILES string of the molecule is CCOC(=O)c1c2c(n(NC(N)=O)c1C)/C(=C/c1ccccc1)CC2. The van der Waals surface area contributed by atoms with Crippen LogP contribution in [0, 0.1) is 6.92 Å². The molecule has 130 valence electrons. The molecule has 2 aromatic rings. The number of hydrogen-bond donors (Lipinski definition) is 2.